The number of hydrogen-bond donors (Lipinski definition) is 2. The lowest BCUT2D eigenvalue weighted by atomic mass is 10.1. The zero-order valence-corrected chi connectivity index (χ0v) is 10.9. The summed E-state index contributed by atoms with van der Waals surface area (Å²) in [5.74, 6) is 6.30. The second-order valence-electron chi connectivity index (χ2n) is 4.49. The molecular formula is C13H25NO2. The van der Waals surface area contributed by atoms with Gasteiger partial charge in [0.15, 0.2) is 0 Å². The molecule has 0 amide bonds. The Bertz CT molecular complexity index is 218. The van der Waals surface area contributed by atoms with Gasteiger partial charge >= 0.3 is 0 Å². The molecule has 3 heteroatoms. The van der Waals surface area contributed by atoms with Crippen molar-refractivity contribution in [1.29, 1.82) is 0 Å². The van der Waals surface area contributed by atoms with Gasteiger partial charge in [0.1, 0.15) is 0 Å². The standard InChI is InChI=1S/C13H25NO2/c1-5-6-7-14-9-13(15)10-16-12(4)8-11(2)3/h11-15H,7-10H2,1-4H3. The van der Waals surface area contributed by atoms with Crippen molar-refractivity contribution in [2.75, 3.05) is 19.7 Å². The summed E-state index contributed by atoms with van der Waals surface area (Å²) in [7, 11) is 0. The van der Waals surface area contributed by atoms with Gasteiger partial charge in [-0.3, -0.25) is 0 Å². The van der Waals surface area contributed by atoms with Crippen molar-refractivity contribution in [3.8, 4) is 11.8 Å². The third kappa shape index (κ3) is 9.97. The summed E-state index contributed by atoms with van der Waals surface area (Å²) in [6.07, 6.45) is 0.792. The van der Waals surface area contributed by atoms with Crippen LogP contribution in [-0.4, -0.2) is 37.0 Å². The first-order chi connectivity index (χ1) is 7.56. The monoisotopic (exact) mass is 227 g/mol. The number of aliphatic hydroxyl groups is 1. The minimum atomic E-state index is -0.451. The minimum Gasteiger partial charge on any atom is -0.389 e. The summed E-state index contributed by atoms with van der Waals surface area (Å²) in [6, 6.07) is 0. The Morgan fingerprint density at radius 2 is 2.00 bits per heavy atom. The van der Waals surface area contributed by atoms with Gasteiger partial charge in [0.2, 0.25) is 0 Å². The van der Waals surface area contributed by atoms with Gasteiger partial charge in [0, 0.05) is 6.54 Å². The van der Waals surface area contributed by atoms with E-state index in [0.717, 1.165) is 6.42 Å². The molecule has 0 saturated carbocycles. The molecule has 3 nitrogen and oxygen atoms in total. The highest BCUT2D eigenvalue weighted by Crippen LogP contribution is 2.07. The molecule has 0 spiro atoms. The third-order valence-corrected chi connectivity index (χ3v) is 2.15. The van der Waals surface area contributed by atoms with Crippen LogP contribution in [0.4, 0.5) is 0 Å². The molecule has 0 aliphatic carbocycles. The molecule has 16 heavy (non-hydrogen) atoms. The number of rotatable bonds is 8. The van der Waals surface area contributed by atoms with E-state index in [2.05, 4.69) is 31.0 Å². The molecule has 94 valence electrons. The van der Waals surface area contributed by atoms with Gasteiger partial charge in [-0.05, 0) is 26.2 Å². The fourth-order valence-corrected chi connectivity index (χ4v) is 1.46. The van der Waals surface area contributed by atoms with E-state index in [0.29, 0.717) is 25.6 Å². The van der Waals surface area contributed by atoms with Crippen molar-refractivity contribution < 1.29 is 9.84 Å². The fraction of sp³-hybridized carbons (Fsp3) is 0.846. The average Bonchev–Trinajstić information content (AvgIpc) is 2.20. The Kier molecular flexibility index (Phi) is 9.31. The van der Waals surface area contributed by atoms with Crippen LogP contribution in [0.1, 0.15) is 34.1 Å². The molecule has 0 radical (unpaired) electrons. The number of ether oxygens (including phenoxy) is 1. The first-order valence-corrected chi connectivity index (χ1v) is 5.96. The van der Waals surface area contributed by atoms with Crippen LogP contribution in [0.15, 0.2) is 0 Å². The molecule has 0 aliphatic heterocycles. The van der Waals surface area contributed by atoms with E-state index in [1.165, 1.54) is 0 Å². The maximum absolute atomic E-state index is 9.60. The summed E-state index contributed by atoms with van der Waals surface area (Å²) in [5, 5.41) is 12.6. The van der Waals surface area contributed by atoms with Crippen molar-refractivity contribution in [1.82, 2.24) is 5.32 Å². The number of nitrogens with one attached hydrogen (secondary N) is 1. The van der Waals surface area contributed by atoms with Crippen molar-refractivity contribution in [3.63, 3.8) is 0 Å². The van der Waals surface area contributed by atoms with Crippen molar-refractivity contribution in [3.05, 3.63) is 0 Å². The largest absolute Gasteiger partial charge is 0.389 e. The molecular weight excluding hydrogens is 202 g/mol. The van der Waals surface area contributed by atoms with Gasteiger partial charge in [-0.25, -0.2) is 0 Å². The first kappa shape index (κ1) is 15.4. The second kappa shape index (κ2) is 9.65. The van der Waals surface area contributed by atoms with E-state index in [-0.39, 0.29) is 6.10 Å². The maximum atomic E-state index is 9.60. The van der Waals surface area contributed by atoms with Crippen LogP contribution < -0.4 is 5.32 Å². The van der Waals surface area contributed by atoms with E-state index in [1.54, 1.807) is 6.92 Å². The Hall–Kier alpha value is -0.560. The highest BCUT2D eigenvalue weighted by Gasteiger charge is 2.08. The Labute approximate surface area is 99.6 Å². The van der Waals surface area contributed by atoms with Gasteiger partial charge in [-0.1, -0.05) is 19.8 Å². The number of aliphatic hydroxyl groups excluding tert-OH is 1. The molecule has 0 aliphatic rings. The molecule has 0 rings (SSSR count). The molecule has 0 bridgehead atoms. The molecule has 0 saturated heterocycles. The molecule has 0 aromatic carbocycles. The quantitative estimate of drug-likeness (QED) is 0.486. The smallest absolute Gasteiger partial charge is 0.0898 e. The van der Waals surface area contributed by atoms with E-state index in [1.807, 2.05) is 6.92 Å². The van der Waals surface area contributed by atoms with Crippen molar-refractivity contribution in [2.24, 2.45) is 5.92 Å². The summed E-state index contributed by atoms with van der Waals surface area (Å²) in [6.45, 7) is 9.72. The summed E-state index contributed by atoms with van der Waals surface area (Å²) in [5.41, 5.74) is 0. The van der Waals surface area contributed by atoms with Crippen molar-refractivity contribution in [2.45, 2.75) is 46.3 Å². The Balaban J connectivity index is 3.47. The molecule has 0 aromatic rings. The molecule has 2 unspecified atom stereocenters. The van der Waals surface area contributed by atoms with Crippen LogP contribution in [0, 0.1) is 17.8 Å². The van der Waals surface area contributed by atoms with Gasteiger partial charge in [0.05, 0.1) is 25.4 Å². The van der Waals surface area contributed by atoms with Crippen LogP contribution in [-0.2, 0) is 4.74 Å². The van der Waals surface area contributed by atoms with Crippen LogP contribution >= 0.6 is 0 Å². The normalized spacial score (nSPS) is 14.4. The SMILES string of the molecule is CC#CCNCC(O)COC(C)CC(C)C. The van der Waals surface area contributed by atoms with Gasteiger partial charge in [-0.15, -0.1) is 5.92 Å². The molecule has 2 atom stereocenters. The second-order valence-corrected chi connectivity index (χ2v) is 4.49. The predicted octanol–water partition coefficient (Wildman–Crippen LogP) is 1.41. The molecule has 0 heterocycles. The Morgan fingerprint density at radius 1 is 1.31 bits per heavy atom. The highest BCUT2D eigenvalue weighted by atomic mass is 16.5. The van der Waals surface area contributed by atoms with E-state index >= 15 is 0 Å². The first-order valence-electron chi connectivity index (χ1n) is 5.96. The topological polar surface area (TPSA) is 41.5 Å². The molecule has 0 aromatic heterocycles. The van der Waals surface area contributed by atoms with Crippen LogP contribution in [0.2, 0.25) is 0 Å². The van der Waals surface area contributed by atoms with Crippen molar-refractivity contribution >= 4 is 0 Å². The minimum absolute atomic E-state index is 0.213. The van der Waals surface area contributed by atoms with Crippen LogP contribution in [0.25, 0.3) is 0 Å². The van der Waals surface area contributed by atoms with Crippen LogP contribution in [0.3, 0.4) is 0 Å². The summed E-state index contributed by atoms with van der Waals surface area (Å²) in [4.78, 5) is 0. The van der Waals surface area contributed by atoms with Gasteiger partial charge in [-0.2, -0.15) is 0 Å². The van der Waals surface area contributed by atoms with E-state index in [4.69, 9.17) is 4.74 Å². The average molecular weight is 227 g/mol. The fourth-order valence-electron chi connectivity index (χ4n) is 1.46. The Morgan fingerprint density at radius 3 is 2.56 bits per heavy atom. The molecule has 0 fully saturated rings. The van der Waals surface area contributed by atoms with Gasteiger partial charge in [0.25, 0.3) is 0 Å². The van der Waals surface area contributed by atoms with Gasteiger partial charge < -0.3 is 15.2 Å². The molecule has 2 N–H and O–H groups in total. The summed E-state index contributed by atoms with van der Waals surface area (Å²) >= 11 is 0. The maximum Gasteiger partial charge on any atom is 0.0898 e. The summed E-state index contributed by atoms with van der Waals surface area (Å²) < 4.78 is 5.55. The zero-order valence-electron chi connectivity index (χ0n) is 10.9. The number of hydrogen-bond acceptors (Lipinski definition) is 3. The van der Waals surface area contributed by atoms with E-state index < -0.39 is 6.10 Å². The predicted molar refractivity (Wildman–Crippen MR) is 67.2 cm³/mol. The lowest BCUT2D eigenvalue weighted by molar-refractivity contribution is -0.00815. The lowest BCUT2D eigenvalue weighted by Crippen LogP contribution is -2.32. The third-order valence-electron chi connectivity index (χ3n) is 2.15. The zero-order chi connectivity index (χ0) is 12.4. The van der Waals surface area contributed by atoms with E-state index in [9.17, 15) is 5.11 Å². The highest BCUT2D eigenvalue weighted by molar-refractivity contribution is 4.96. The lowest BCUT2D eigenvalue weighted by Gasteiger charge is -2.17. The van der Waals surface area contributed by atoms with Crippen LogP contribution in [0.5, 0.6) is 0 Å².